The molecule has 0 aliphatic rings. The van der Waals surface area contributed by atoms with Crippen molar-refractivity contribution in [3.63, 3.8) is 0 Å². The molecule has 0 spiro atoms. The Hall–Kier alpha value is -4.14. The molecule has 0 bridgehead atoms. The number of hydrogen-bond acceptors (Lipinski definition) is 5. The molecule has 0 unspecified atom stereocenters. The highest BCUT2D eigenvalue weighted by Crippen LogP contribution is 2.27. The lowest BCUT2D eigenvalue weighted by atomic mass is 10.1. The van der Waals surface area contributed by atoms with Crippen LogP contribution in [0.15, 0.2) is 42.5 Å². The number of ether oxygens (including phenoxy) is 1. The van der Waals surface area contributed by atoms with Crippen molar-refractivity contribution < 1.29 is 24.2 Å². The average Bonchev–Trinajstić information content (AvgIpc) is 3.17. The summed E-state index contributed by atoms with van der Waals surface area (Å²) in [7, 11) is 6.40. The number of aromatic carboxylic acids is 1. The largest absolute Gasteiger partial charge is 0.497 e. The number of aryl methyl sites for hydroxylation is 1. The zero-order chi connectivity index (χ0) is 26.4. The molecule has 9 nitrogen and oxygen atoms in total. The lowest BCUT2D eigenvalue weighted by Crippen LogP contribution is -2.29. The SMILES string of the molecule is CC.COc1ccc(-n2nc(C)c(C)c2C(=O)N(C)c2ccc(C(=O)N(C)C)cc2)c(C(=O)O)c1. The van der Waals surface area contributed by atoms with E-state index >= 15 is 0 Å². The Balaban J connectivity index is 0.00000210. The molecule has 9 heteroatoms. The van der Waals surface area contributed by atoms with Crippen LogP contribution in [0, 0.1) is 13.8 Å². The van der Waals surface area contributed by atoms with Crippen LogP contribution in [0.25, 0.3) is 5.69 Å². The first-order valence-electron chi connectivity index (χ1n) is 11.1. The van der Waals surface area contributed by atoms with Crippen molar-refractivity contribution in [3.8, 4) is 11.4 Å². The third kappa shape index (κ3) is 5.51. The molecule has 35 heavy (non-hydrogen) atoms. The molecule has 0 atom stereocenters. The van der Waals surface area contributed by atoms with Gasteiger partial charge in [-0.15, -0.1) is 0 Å². The zero-order valence-electron chi connectivity index (χ0n) is 21.4. The highest BCUT2D eigenvalue weighted by Gasteiger charge is 2.26. The maximum atomic E-state index is 13.5. The lowest BCUT2D eigenvalue weighted by molar-refractivity contribution is 0.0695. The topological polar surface area (TPSA) is 105 Å². The lowest BCUT2D eigenvalue weighted by Gasteiger charge is -2.20. The standard InChI is InChI=1S/C24H26N4O5.C2H6/c1-14-15(2)25-28(20-12-11-18(33-6)13-19(20)24(31)32)21(14)23(30)27(5)17-9-7-16(8-10-17)22(29)26(3)4;1-2/h7-13H,1-6H3,(H,31,32);1-2H3. The number of methoxy groups -OCH3 is 1. The van der Waals surface area contributed by atoms with E-state index in [0.717, 1.165) is 0 Å². The van der Waals surface area contributed by atoms with E-state index in [4.69, 9.17) is 4.74 Å². The molecule has 0 saturated heterocycles. The summed E-state index contributed by atoms with van der Waals surface area (Å²) in [5.41, 5.74) is 2.78. The quantitative estimate of drug-likeness (QED) is 0.567. The average molecular weight is 481 g/mol. The van der Waals surface area contributed by atoms with E-state index < -0.39 is 5.97 Å². The molecule has 0 aliphatic heterocycles. The molecule has 2 amide bonds. The van der Waals surface area contributed by atoms with Crippen LogP contribution < -0.4 is 9.64 Å². The van der Waals surface area contributed by atoms with Gasteiger partial charge in [-0.2, -0.15) is 5.10 Å². The number of anilines is 1. The molecule has 3 rings (SSSR count). The van der Waals surface area contributed by atoms with E-state index in [1.807, 2.05) is 13.8 Å². The van der Waals surface area contributed by atoms with Gasteiger partial charge in [0, 0.05) is 38.0 Å². The van der Waals surface area contributed by atoms with Crippen molar-refractivity contribution in [3.05, 3.63) is 70.5 Å². The van der Waals surface area contributed by atoms with Gasteiger partial charge in [0.1, 0.15) is 11.4 Å². The number of nitrogens with zero attached hydrogens (tertiary/aromatic N) is 4. The van der Waals surface area contributed by atoms with Crippen LogP contribution in [0.4, 0.5) is 5.69 Å². The van der Waals surface area contributed by atoms with E-state index in [9.17, 15) is 19.5 Å². The van der Waals surface area contributed by atoms with Crippen molar-refractivity contribution in [1.29, 1.82) is 0 Å². The van der Waals surface area contributed by atoms with Crippen LogP contribution in [-0.4, -0.2) is 65.8 Å². The Morgan fingerprint density at radius 1 is 0.943 bits per heavy atom. The minimum Gasteiger partial charge on any atom is -0.497 e. The van der Waals surface area contributed by atoms with Gasteiger partial charge in [-0.05, 0) is 56.3 Å². The van der Waals surface area contributed by atoms with E-state index in [1.54, 1.807) is 71.4 Å². The van der Waals surface area contributed by atoms with Gasteiger partial charge in [0.15, 0.2) is 0 Å². The molecule has 0 saturated carbocycles. The maximum absolute atomic E-state index is 13.5. The number of aromatic nitrogens is 2. The fourth-order valence-electron chi connectivity index (χ4n) is 3.39. The Morgan fingerprint density at radius 2 is 1.54 bits per heavy atom. The van der Waals surface area contributed by atoms with E-state index in [-0.39, 0.29) is 28.8 Å². The van der Waals surface area contributed by atoms with Crippen LogP contribution in [-0.2, 0) is 0 Å². The summed E-state index contributed by atoms with van der Waals surface area (Å²) in [6.45, 7) is 7.52. The fourth-order valence-corrected chi connectivity index (χ4v) is 3.39. The summed E-state index contributed by atoms with van der Waals surface area (Å²) in [6.07, 6.45) is 0. The number of carbonyl (C=O) groups excluding carboxylic acids is 2. The van der Waals surface area contributed by atoms with Crippen LogP contribution in [0.3, 0.4) is 0 Å². The second kappa shape index (κ2) is 11.3. The fraction of sp³-hybridized carbons (Fsp3) is 0.308. The molecule has 2 aromatic carbocycles. The Labute approximate surface area is 205 Å². The summed E-state index contributed by atoms with van der Waals surface area (Å²) in [5.74, 6) is -1.29. The van der Waals surface area contributed by atoms with Crippen molar-refractivity contribution in [2.24, 2.45) is 0 Å². The van der Waals surface area contributed by atoms with Crippen molar-refractivity contribution in [1.82, 2.24) is 14.7 Å². The highest BCUT2D eigenvalue weighted by atomic mass is 16.5. The van der Waals surface area contributed by atoms with Gasteiger partial charge in [-0.25, -0.2) is 9.48 Å². The molecule has 1 heterocycles. The predicted molar refractivity (Wildman–Crippen MR) is 135 cm³/mol. The van der Waals surface area contributed by atoms with E-state index in [2.05, 4.69) is 5.10 Å². The number of carboxylic acid groups (broad SMARTS) is 1. The van der Waals surface area contributed by atoms with Gasteiger partial charge in [0.05, 0.1) is 24.1 Å². The van der Waals surface area contributed by atoms with E-state index in [0.29, 0.717) is 28.3 Å². The summed E-state index contributed by atoms with van der Waals surface area (Å²) in [5, 5.41) is 14.2. The number of hydrogen-bond donors (Lipinski definition) is 1. The highest BCUT2D eigenvalue weighted by molar-refractivity contribution is 6.06. The van der Waals surface area contributed by atoms with E-state index in [1.165, 1.54) is 27.7 Å². The second-order valence-electron chi connectivity index (χ2n) is 7.77. The van der Waals surface area contributed by atoms with Gasteiger partial charge >= 0.3 is 5.97 Å². The van der Waals surface area contributed by atoms with Gasteiger partial charge in [0.25, 0.3) is 11.8 Å². The van der Waals surface area contributed by atoms with Gasteiger partial charge in [-0.1, -0.05) is 13.8 Å². The molecule has 186 valence electrons. The maximum Gasteiger partial charge on any atom is 0.338 e. The Bertz CT molecular complexity index is 1230. The Morgan fingerprint density at radius 3 is 2.06 bits per heavy atom. The predicted octanol–water partition coefficient (Wildman–Crippen LogP) is 4.20. The number of carbonyl (C=O) groups is 3. The summed E-state index contributed by atoms with van der Waals surface area (Å²) < 4.78 is 6.50. The normalized spacial score (nSPS) is 10.2. The molecule has 3 aromatic rings. The minimum atomic E-state index is -1.16. The zero-order valence-corrected chi connectivity index (χ0v) is 21.4. The molecular formula is C26H32N4O5. The monoisotopic (exact) mass is 480 g/mol. The smallest absolute Gasteiger partial charge is 0.338 e. The van der Waals surface area contributed by atoms with Crippen molar-refractivity contribution in [2.75, 3.05) is 33.2 Å². The molecule has 0 radical (unpaired) electrons. The first-order chi connectivity index (χ1) is 16.6. The summed E-state index contributed by atoms with van der Waals surface area (Å²) >= 11 is 0. The van der Waals surface area contributed by atoms with Crippen LogP contribution in [0.1, 0.15) is 56.3 Å². The third-order valence-corrected chi connectivity index (χ3v) is 5.44. The first-order valence-corrected chi connectivity index (χ1v) is 11.1. The van der Waals surface area contributed by atoms with Gasteiger partial charge in [-0.3, -0.25) is 9.59 Å². The first kappa shape index (κ1) is 27.1. The summed E-state index contributed by atoms with van der Waals surface area (Å²) in [6, 6.07) is 11.3. The minimum absolute atomic E-state index is 0.0416. The van der Waals surface area contributed by atoms with Crippen LogP contribution in [0.2, 0.25) is 0 Å². The molecular weight excluding hydrogens is 448 g/mol. The van der Waals surface area contributed by atoms with Crippen LogP contribution in [0.5, 0.6) is 5.75 Å². The molecule has 0 aliphatic carbocycles. The molecule has 1 N–H and O–H groups in total. The number of rotatable bonds is 6. The molecule has 0 fully saturated rings. The number of carboxylic acids is 1. The number of amides is 2. The second-order valence-corrected chi connectivity index (χ2v) is 7.77. The van der Waals surface area contributed by atoms with Gasteiger partial charge in [0.2, 0.25) is 0 Å². The van der Waals surface area contributed by atoms with Gasteiger partial charge < -0.3 is 19.6 Å². The molecule has 1 aromatic heterocycles. The van der Waals surface area contributed by atoms with Crippen molar-refractivity contribution >= 4 is 23.5 Å². The Kier molecular flexibility index (Phi) is 8.77. The number of benzene rings is 2. The summed E-state index contributed by atoms with van der Waals surface area (Å²) in [4.78, 5) is 40.5. The third-order valence-electron chi connectivity index (χ3n) is 5.44. The van der Waals surface area contributed by atoms with Crippen molar-refractivity contribution in [2.45, 2.75) is 27.7 Å². The van der Waals surface area contributed by atoms with Crippen LogP contribution >= 0.6 is 0 Å².